The fourth-order valence-electron chi connectivity index (χ4n) is 3.45. The van der Waals surface area contributed by atoms with Crippen molar-refractivity contribution in [2.45, 2.75) is 32.0 Å². The maximum atomic E-state index is 12.9. The summed E-state index contributed by atoms with van der Waals surface area (Å²) in [5, 5.41) is 7.83. The molecule has 2 heterocycles. The lowest BCUT2D eigenvalue weighted by molar-refractivity contribution is -0.141. The Labute approximate surface area is 169 Å². The Hall–Kier alpha value is -2.87. The number of aromatic nitrogens is 3. The summed E-state index contributed by atoms with van der Waals surface area (Å²) >= 11 is 6.03. The van der Waals surface area contributed by atoms with Gasteiger partial charge in [0.1, 0.15) is 5.69 Å². The zero-order valence-electron chi connectivity index (χ0n) is 15.3. The number of nitrogens with zero attached hydrogens (tertiary/aromatic N) is 3. The summed E-state index contributed by atoms with van der Waals surface area (Å²) in [4.78, 5) is 16.0. The average molecular weight is 421 g/mol. The molecule has 9 heteroatoms. The van der Waals surface area contributed by atoms with Gasteiger partial charge in [-0.3, -0.25) is 9.78 Å². The van der Waals surface area contributed by atoms with Crippen LogP contribution < -0.4 is 5.32 Å². The molecular formula is C20H16ClF3N4O. The number of carbonyl (C=O) groups excluding carboxylic acids is 1. The minimum absolute atomic E-state index is 0.260. The van der Waals surface area contributed by atoms with E-state index in [4.69, 9.17) is 11.6 Å². The Morgan fingerprint density at radius 2 is 2.07 bits per heavy atom. The number of hydrogen-bond donors (Lipinski definition) is 1. The Kier molecular flexibility index (Phi) is 4.82. The van der Waals surface area contributed by atoms with E-state index in [0.717, 1.165) is 29.1 Å². The monoisotopic (exact) mass is 420 g/mol. The van der Waals surface area contributed by atoms with E-state index >= 15 is 0 Å². The Morgan fingerprint density at radius 3 is 2.79 bits per heavy atom. The molecule has 29 heavy (non-hydrogen) atoms. The Bertz CT molecular complexity index is 1070. The lowest BCUT2D eigenvalue weighted by Crippen LogP contribution is -2.27. The number of nitrogens with one attached hydrogen (secondary N) is 1. The first kappa shape index (κ1) is 19.4. The number of aryl methyl sites for hydroxylation is 2. The second kappa shape index (κ2) is 7.18. The van der Waals surface area contributed by atoms with E-state index in [1.807, 2.05) is 6.92 Å². The first-order chi connectivity index (χ1) is 13.7. The first-order valence-corrected chi connectivity index (χ1v) is 9.28. The maximum Gasteiger partial charge on any atom is 0.433 e. The minimum Gasteiger partial charge on any atom is -0.345 e. The van der Waals surface area contributed by atoms with Crippen molar-refractivity contribution >= 4 is 17.5 Å². The van der Waals surface area contributed by atoms with Crippen LogP contribution in [0.1, 0.15) is 45.3 Å². The van der Waals surface area contributed by atoms with E-state index < -0.39 is 11.9 Å². The van der Waals surface area contributed by atoms with Gasteiger partial charge in [0.2, 0.25) is 0 Å². The van der Waals surface area contributed by atoms with Crippen LogP contribution in [0.15, 0.2) is 42.7 Å². The fraction of sp³-hybridized carbons (Fsp3) is 0.250. The van der Waals surface area contributed by atoms with E-state index in [-0.39, 0.29) is 17.6 Å². The predicted octanol–water partition coefficient (Wildman–Crippen LogP) is 4.67. The molecule has 4 rings (SSSR count). The Morgan fingerprint density at radius 1 is 1.28 bits per heavy atom. The number of amides is 1. The summed E-state index contributed by atoms with van der Waals surface area (Å²) in [5.41, 5.74) is 2.16. The summed E-state index contributed by atoms with van der Waals surface area (Å²) in [6, 6.07) is 7.24. The second-order valence-electron chi connectivity index (χ2n) is 6.95. The van der Waals surface area contributed by atoms with Crippen LogP contribution in [0.5, 0.6) is 0 Å². The van der Waals surface area contributed by atoms with Crippen molar-refractivity contribution in [3.05, 3.63) is 75.8 Å². The van der Waals surface area contributed by atoms with Crippen LogP contribution >= 0.6 is 11.6 Å². The quantitative estimate of drug-likeness (QED) is 0.670. The number of hydrogen-bond acceptors (Lipinski definition) is 3. The van der Waals surface area contributed by atoms with Gasteiger partial charge in [-0.15, -0.1) is 0 Å². The number of benzene rings is 1. The van der Waals surface area contributed by atoms with Gasteiger partial charge < -0.3 is 5.32 Å². The molecule has 0 fully saturated rings. The van der Waals surface area contributed by atoms with Crippen LogP contribution in [0, 0.1) is 6.92 Å². The highest BCUT2D eigenvalue weighted by atomic mass is 35.5. The normalized spacial score (nSPS) is 16.0. The molecule has 0 radical (unpaired) electrons. The van der Waals surface area contributed by atoms with Crippen LogP contribution in [0.4, 0.5) is 13.2 Å². The molecule has 1 unspecified atom stereocenters. The van der Waals surface area contributed by atoms with Crippen molar-refractivity contribution in [2.24, 2.45) is 0 Å². The minimum atomic E-state index is -4.53. The third-order valence-electron chi connectivity index (χ3n) is 4.78. The summed E-state index contributed by atoms with van der Waals surface area (Å²) in [6.07, 6.45) is -0.470. The molecule has 150 valence electrons. The molecule has 0 bridgehead atoms. The van der Waals surface area contributed by atoms with Gasteiger partial charge in [0, 0.05) is 28.5 Å². The van der Waals surface area contributed by atoms with Crippen LogP contribution in [0.25, 0.3) is 5.69 Å². The third-order valence-corrected chi connectivity index (χ3v) is 4.99. The van der Waals surface area contributed by atoms with Gasteiger partial charge in [-0.05, 0) is 55.7 Å². The van der Waals surface area contributed by atoms with E-state index in [9.17, 15) is 18.0 Å². The summed E-state index contributed by atoms with van der Waals surface area (Å²) in [6.45, 7) is 1.85. The topological polar surface area (TPSA) is 59.8 Å². The molecule has 0 saturated heterocycles. The van der Waals surface area contributed by atoms with E-state index in [1.54, 1.807) is 24.4 Å². The molecule has 1 aliphatic carbocycles. The van der Waals surface area contributed by atoms with E-state index in [1.165, 1.54) is 10.7 Å². The summed E-state index contributed by atoms with van der Waals surface area (Å²) < 4.78 is 40.2. The molecule has 3 aromatic rings. The maximum absolute atomic E-state index is 12.9. The third kappa shape index (κ3) is 3.98. The molecule has 1 atom stereocenters. The zero-order chi connectivity index (χ0) is 20.8. The molecule has 5 nitrogen and oxygen atoms in total. The lowest BCUT2D eigenvalue weighted by atomic mass is 10.1. The number of pyridine rings is 1. The van der Waals surface area contributed by atoms with Gasteiger partial charge in [-0.25, -0.2) is 4.68 Å². The highest BCUT2D eigenvalue weighted by Gasteiger charge is 2.33. The van der Waals surface area contributed by atoms with Crippen molar-refractivity contribution in [2.75, 3.05) is 0 Å². The Balaban J connectivity index is 1.57. The zero-order valence-corrected chi connectivity index (χ0v) is 16.1. The molecule has 2 aromatic heterocycles. The van der Waals surface area contributed by atoms with Crippen LogP contribution in [0.2, 0.25) is 5.02 Å². The van der Waals surface area contributed by atoms with Crippen molar-refractivity contribution in [3.63, 3.8) is 0 Å². The SMILES string of the molecule is Cc1cc(Cl)cc(C(=O)NC2CCc3nn(-c4ccnc(C(F)(F)F)c4)cc32)c1. The highest BCUT2D eigenvalue weighted by molar-refractivity contribution is 6.31. The second-order valence-corrected chi connectivity index (χ2v) is 7.39. The summed E-state index contributed by atoms with van der Waals surface area (Å²) in [7, 11) is 0. The standard InChI is InChI=1S/C20H16ClF3N4O/c1-11-6-12(8-13(21)7-11)19(29)26-16-2-3-17-15(16)10-28(27-17)14-4-5-25-18(9-14)20(22,23)24/h4-10,16H,2-3H2,1H3,(H,26,29). The number of carbonyl (C=O) groups is 1. The van der Waals surface area contributed by atoms with Crippen molar-refractivity contribution < 1.29 is 18.0 Å². The van der Waals surface area contributed by atoms with Crippen molar-refractivity contribution in [1.29, 1.82) is 0 Å². The average Bonchev–Trinajstić information content (AvgIpc) is 3.22. The van der Waals surface area contributed by atoms with Gasteiger partial charge in [-0.2, -0.15) is 18.3 Å². The number of halogens is 4. The van der Waals surface area contributed by atoms with Crippen LogP contribution in [0.3, 0.4) is 0 Å². The number of fused-ring (bicyclic) bond motifs is 1. The van der Waals surface area contributed by atoms with Gasteiger partial charge >= 0.3 is 6.18 Å². The summed E-state index contributed by atoms with van der Waals surface area (Å²) in [5.74, 6) is -0.260. The van der Waals surface area contributed by atoms with E-state index in [0.29, 0.717) is 23.4 Å². The smallest absolute Gasteiger partial charge is 0.345 e. The molecule has 0 saturated carbocycles. The fourth-order valence-corrected chi connectivity index (χ4v) is 3.74. The molecule has 0 aliphatic heterocycles. The molecule has 1 aliphatic rings. The molecular weight excluding hydrogens is 405 g/mol. The van der Waals surface area contributed by atoms with Gasteiger partial charge in [0.05, 0.1) is 17.4 Å². The van der Waals surface area contributed by atoms with Crippen molar-refractivity contribution in [1.82, 2.24) is 20.1 Å². The van der Waals surface area contributed by atoms with Gasteiger partial charge in [0.25, 0.3) is 5.91 Å². The van der Waals surface area contributed by atoms with Crippen LogP contribution in [-0.2, 0) is 12.6 Å². The van der Waals surface area contributed by atoms with Gasteiger partial charge in [0.15, 0.2) is 0 Å². The highest BCUT2D eigenvalue weighted by Crippen LogP contribution is 2.33. The molecule has 1 amide bonds. The van der Waals surface area contributed by atoms with E-state index in [2.05, 4.69) is 15.4 Å². The first-order valence-electron chi connectivity index (χ1n) is 8.91. The number of rotatable bonds is 3. The van der Waals surface area contributed by atoms with Crippen LogP contribution in [-0.4, -0.2) is 20.7 Å². The predicted molar refractivity (Wildman–Crippen MR) is 101 cm³/mol. The van der Waals surface area contributed by atoms with Crippen molar-refractivity contribution in [3.8, 4) is 5.69 Å². The van der Waals surface area contributed by atoms with Gasteiger partial charge in [-0.1, -0.05) is 11.6 Å². The lowest BCUT2D eigenvalue weighted by Gasteiger charge is -2.13. The molecule has 1 aromatic carbocycles. The number of alkyl halides is 3. The molecule has 0 spiro atoms. The largest absolute Gasteiger partial charge is 0.433 e. The molecule has 1 N–H and O–H groups in total.